The van der Waals surface area contributed by atoms with Crippen LogP contribution in [0.3, 0.4) is 0 Å². The molecule has 0 unspecified atom stereocenters. The van der Waals surface area contributed by atoms with Gasteiger partial charge >= 0.3 is 6.03 Å². The molecule has 0 saturated carbocycles. The molecule has 1 fully saturated rings. The Labute approximate surface area is 144 Å². The Balaban J connectivity index is 1.73. The number of amides is 3. The molecule has 0 spiro atoms. The third-order valence-corrected chi connectivity index (χ3v) is 4.47. The molecule has 0 aliphatic carbocycles. The van der Waals surface area contributed by atoms with Crippen LogP contribution in [0.25, 0.3) is 6.08 Å². The summed E-state index contributed by atoms with van der Waals surface area (Å²) < 4.78 is 5.72. The van der Waals surface area contributed by atoms with E-state index >= 15 is 0 Å². The van der Waals surface area contributed by atoms with Gasteiger partial charge in [0.05, 0.1) is 0 Å². The molecule has 1 aromatic heterocycles. The fourth-order valence-electron chi connectivity index (χ4n) is 2.33. The average Bonchev–Trinajstić information content (AvgIpc) is 3.10. The van der Waals surface area contributed by atoms with Crippen LogP contribution in [0.15, 0.2) is 56.5 Å². The van der Waals surface area contributed by atoms with Gasteiger partial charge in [0.15, 0.2) is 5.09 Å². The Morgan fingerprint density at radius 1 is 1.17 bits per heavy atom. The molecule has 0 radical (unpaired) electrons. The first-order valence-corrected chi connectivity index (χ1v) is 8.57. The first-order valence-electron chi connectivity index (χ1n) is 7.75. The van der Waals surface area contributed by atoms with Crippen LogP contribution in [0.4, 0.5) is 4.79 Å². The van der Waals surface area contributed by atoms with Gasteiger partial charge in [-0.15, -0.1) is 0 Å². The van der Waals surface area contributed by atoms with Gasteiger partial charge in [0.25, 0.3) is 5.91 Å². The van der Waals surface area contributed by atoms with Crippen molar-refractivity contribution >= 4 is 29.8 Å². The van der Waals surface area contributed by atoms with Crippen molar-refractivity contribution in [1.82, 2.24) is 10.2 Å². The number of nitrogens with zero attached hydrogens (tertiary/aromatic N) is 1. The lowest BCUT2D eigenvalue weighted by molar-refractivity contribution is -0.122. The molecule has 2 heterocycles. The second kappa shape index (κ2) is 6.97. The van der Waals surface area contributed by atoms with Crippen LogP contribution in [0, 0.1) is 6.92 Å². The van der Waals surface area contributed by atoms with Gasteiger partial charge in [-0.3, -0.25) is 9.69 Å². The zero-order valence-electron chi connectivity index (χ0n) is 13.5. The van der Waals surface area contributed by atoms with Gasteiger partial charge in [0.2, 0.25) is 0 Å². The van der Waals surface area contributed by atoms with Crippen molar-refractivity contribution in [2.24, 2.45) is 0 Å². The second-order valence-electron chi connectivity index (χ2n) is 5.52. The minimum Gasteiger partial charge on any atom is -0.450 e. The third kappa shape index (κ3) is 3.54. The highest BCUT2D eigenvalue weighted by atomic mass is 32.2. The lowest BCUT2D eigenvalue weighted by Crippen LogP contribution is -2.31. The minimum atomic E-state index is -0.381. The van der Waals surface area contributed by atoms with E-state index < -0.39 is 0 Å². The summed E-state index contributed by atoms with van der Waals surface area (Å²) in [6, 6.07) is 11.4. The van der Waals surface area contributed by atoms with Crippen molar-refractivity contribution in [3.05, 3.63) is 53.4 Å². The average molecular weight is 342 g/mol. The van der Waals surface area contributed by atoms with Gasteiger partial charge in [-0.25, -0.2) is 4.79 Å². The summed E-state index contributed by atoms with van der Waals surface area (Å²) in [4.78, 5) is 26.2. The number of imide groups is 1. The monoisotopic (exact) mass is 342 g/mol. The molecule has 2 aromatic rings. The van der Waals surface area contributed by atoms with Crippen LogP contribution < -0.4 is 5.32 Å². The molecule has 0 bridgehead atoms. The summed E-state index contributed by atoms with van der Waals surface area (Å²) in [5.41, 5.74) is 1.45. The summed E-state index contributed by atoms with van der Waals surface area (Å²) >= 11 is 1.51. The maximum Gasteiger partial charge on any atom is 0.329 e. The van der Waals surface area contributed by atoms with Crippen LogP contribution in [0.5, 0.6) is 0 Å². The standard InChI is InChI=1S/C18H18N2O3S/c1-3-10-20-17(21)15(19-18(20)22)11-13-6-9-16(23-13)24-14-7-4-12(2)5-8-14/h4-9,11H,3,10H2,1-2H3,(H,19,22)/b15-11+. The van der Waals surface area contributed by atoms with Gasteiger partial charge in [-0.1, -0.05) is 36.4 Å². The van der Waals surface area contributed by atoms with E-state index in [9.17, 15) is 9.59 Å². The number of rotatable bonds is 5. The van der Waals surface area contributed by atoms with E-state index in [2.05, 4.69) is 5.32 Å². The van der Waals surface area contributed by atoms with Crippen LogP contribution in [0.2, 0.25) is 0 Å². The van der Waals surface area contributed by atoms with Gasteiger partial charge < -0.3 is 9.73 Å². The number of aryl methyl sites for hydroxylation is 1. The number of carbonyl (C=O) groups is 2. The largest absolute Gasteiger partial charge is 0.450 e. The van der Waals surface area contributed by atoms with Gasteiger partial charge in [-0.2, -0.15) is 0 Å². The van der Waals surface area contributed by atoms with Crippen LogP contribution in [-0.4, -0.2) is 23.4 Å². The van der Waals surface area contributed by atoms with Crippen LogP contribution in [0.1, 0.15) is 24.7 Å². The molecular weight excluding hydrogens is 324 g/mol. The minimum absolute atomic E-state index is 0.245. The Bertz CT molecular complexity index is 793. The molecule has 1 aromatic carbocycles. The molecular formula is C18H18N2O3S. The topological polar surface area (TPSA) is 62.6 Å². The third-order valence-electron chi connectivity index (χ3n) is 3.54. The lowest BCUT2D eigenvalue weighted by atomic mass is 10.2. The summed E-state index contributed by atoms with van der Waals surface area (Å²) in [6.07, 6.45) is 2.29. The predicted octanol–water partition coefficient (Wildman–Crippen LogP) is 4.04. The summed E-state index contributed by atoms with van der Waals surface area (Å²) in [6.45, 7) is 4.37. The van der Waals surface area contributed by atoms with E-state index in [0.29, 0.717) is 12.3 Å². The Hall–Kier alpha value is -2.47. The number of furan rings is 1. The fraction of sp³-hybridized carbons (Fsp3) is 0.222. The van der Waals surface area contributed by atoms with E-state index in [1.54, 1.807) is 12.1 Å². The predicted molar refractivity (Wildman–Crippen MR) is 92.5 cm³/mol. The Kier molecular flexibility index (Phi) is 4.76. The summed E-state index contributed by atoms with van der Waals surface area (Å²) in [7, 11) is 0. The number of carbonyl (C=O) groups excluding carboxylic acids is 2. The molecule has 3 amide bonds. The van der Waals surface area contributed by atoms with Crippen molar-refractivity contribution in [1.29, 1.82) is 0 Å². The van der Waals surface area contributed by atoms with Crippen LogP contribution in [-0.2, 0) is 4.79 Å². The first kappa shape index (κ1) is 16.4. The normalized spacial score (nSPS) is 16.1. The Morgan fingerprint density at radius 2 is 1.92 bits per heavy atom. The number of urea groups is 1. The molecule has 24 heavy (non-hydrogen) atoms. The van der Waals surface area contributed by atoms with Gasteiger partial charge in [0.1, 0.15) is 11.5 Å². The summed E-state index contributed by atoms with van der Waals surface area (Å²) in [5.74, 6) is 0.220. The summed E-state index contributed by atoms with van der Waals surface area (Å²) in [5, 5.41) is 3.31. The van der Waals surface area contributed by atoms with E-state index in [0.717, 1.165) is 16.4 Å². The number of nitrogens with one attached hydrogen (secondary N) is 1. The van der Waals surface area contributed by atoms with Crippen molar-refractivity contribution in [2.45, 2.75) is 30.3 Å². The quantitative estimate of drug-likeness (QED) is 0.658. The molecule has 3 rings (SSSR count). The SMILES string of the molecule is CCCN1C(=O)N/C(=C/c2ccc(Sc3ccc(C)cc3)o2)C1=O. The van der Waals surface area contributed by atoms with Gasteiger partial charge in [-0.05, 0) is 37.6 Å². The fourth-order valence-corrected chi connectivity index (χ4v) is 3.11. The molecule has 6 heteroatoms. The lowest BCUT2D eigenvalue weighted by Gasteiger charge is -2.08. The smallest absolute Gasteiger partial charge is 0.329 e. The maximum absolute atomic E-state index is 12.2. The molecule has 124 valence electrons. The van der Waals surface area contributed by atoms with Gasteiger partial charge in [0, 0.05) is 17.5 Å². The number of hydrogen-bond donors (Lipinski definition) is 1. The Morgan fingerprint density at radius 3 is 2.62 bits per heavy atom. The highest BCUT2D eigenvalue weighted by Gasteiger charge is 2.32. The van der Waals surface area contributed by atoms with Crippen molar-refractivity contribution in [2.75, 3.05) is 6.54 Å². The zero-order chi connectivity index (χ0) is 17.1. The van der Waals surface area contributed by atoms with E-state index in [4.69, 9.17) is 4.42 Å². The maximum atomic E-state index is 12.2. The molecule has 1 aliphatic rings. The molecule has 1 N–H and O–H groups in total. The second-order valence-corrected chi connectivity index (χ2v) is 6.59. The number of hydrogen-bond acceptors (Lipinski definition) is 4. The first-order chi connectivity index (χ1) is 11.6. The molecule has 5 nitrogen and oxygen atoms in total. The molecule has 1 saturated heterocycles. The zero-order valence-corrected chi connectivity index (χ0v) is 14.4. The van der Waals surface area contributed by atoms with Crippen LogP contribution >= 0.6 is 11.8 Å². The van der Waals surface area contributed by atoms with E-state index in [1.807, 2.05) is 44.2 Å². The molecule has 1 aliphatic heterocycles. The highest BCUT2D eigenvalue weighted by molar-refractivity contribution is 7.99. The van der Waals surface area contributed by atoms with E-state index in [-0.39, 0.29) is 17.6 Å². The van der Waals surface area contributed by atoms with Crippen molar-refractivity contribution in [3.63, 3.8) is 0 Å². The highest BCUT2D eigenvalue weighted by Crippen LogP contribution is 2.30. The van der Waals surface area contributed by atoms with Crippen molar-refractivity contribution in [3.8, 4) is 0 Å². The van der Waals surface area contributed by atoms with Crippen molar-refractivity contribution < 1.29 is 14.0 Å². The van der Waals surface area contributed by atoms with E-state index in [1.165, 1.54) is 22.2 Å². The number of benzene rings is 1. The molecule has 0 atom stereocenters.